The quantitative estimate of drug-likeness (QED) is 0.678. The fourth-order valence-corrected chi connectivity index (χ4v) is 4.65. The summed E-state index contributed by atoms with van der Waals surface area (Å²) < 4.78 is 2.21. The average molecular weight is 338 g/mol. The fraction of sp³-hybridized carbons (Fsp3) is 0.619. The first kappa shape index (κ1) is 16.8. The van der Waals surface area contributed by atoms with E-state index in [1.807, 2.05) is 0 Å². The van der Waals surface area contributed by atoms with Crippen LogP contribution in [0.4, 0.5) is 0 Å². The molecule has 0 saturated carbocycles. The molecule has 2 aliphatic heterocycles. The van der Waals surface area contributed by atoms with Crippen LogP contribution in [-0.4, -0.2) is 32.5 Å². The number of nitrogens with zero attached hydrogens (tertiary/aromatic N) is 4. The van der Waals surface area contributed by atoms with Gasteiger partial charge in [-0.2, -0.15) is 0 Å². The van der Waals surface area contributed by atoms with E-state index in [9.17, 15) is 0 Å². The minimum Gasteiger partial charge on any atom is -0.290 e. The van der Waals surface area contributed by atoms with E-state index in [1.54, 1.807) is 0 Å². The van der Waals surface area contributed by atoms with Gasteiger partial charge in [-0.15, -0.1) is 5.10 Å². The number of aromatic nitrogens is 3. The van der Waals surface area contributed by atoms with Gasteiger partial charge in [-0.05, 0) is 25.8 Å². The summed E-state index contributed by atoms with van der Waals surface area (Å²) in [5.41, 5.74) is 3.67. The maximum Gasteiger partial charge on any atom is 0.117 e. The average Bonchev–Trinajstić information content (AvgIpc) is 3.28. The van der Waals surface area contributed by atoms with Crippen molar-refractivity contribution in [1.82, 2.24) is 19.9 Å². The lowest BCUT2D eigenvalue weighted by Gasteiger charge is -2.38. The number of hydrogen-bond donors (Lipinski definition) is 0. The van der Waals surface area contributed by atoms with Crippen molar-refractivity contribution >= 4 is 0 Å². The third kappa shape index (κ3) is 3.37. The molecule has 0 amide bonds. The summed E-state index contributed by atoms with van der Waals surface area (Å²) in [6.07, 6.45) is 10.6. The largest absolute Gasteiger partial charge is 0.290 e. The van der Waals surface area contributed by atoms with Gasteiger partial charge < -0.3 is 0 Å². The SMILES string of the molecule is CCCCCCC[C@H]1c2c(-c3ccccc3)nnn2C[C@@H]2CCCN21. The van der Waals surface area contributed by atoms with Crippen LogP contribution in [0.25, 0.3) is 11.3 Å². The third-order valence-corrected chi connectivity index (χ3v) is 5.92. The van der Waals surface area contributed by atoms with Gasteiger partial charge in [0, 0.05) is 11.6 Å². The molecule has 4 heteroatoms. The van der Waals surface area contributed by atoms with Crippen LogP contribution in [0.15, 0.2) is 30.3 Å². The number of hydrogen-bond acceptors (Lipinski definition) is 3. The Morgan fingerprint density at radius 1 is 1.08 bits per heavy atom. The van der Waals surface area contributed by atoms with Gasteiger partial charge in [-0.25, -0.2) is 4.68 Å². The van der Waals surface area contributed by atoms with Crippen LogP contribution in [0.1, 0.15) is 70.0 Å². The van der Waals surface area contributed by atoms with Crippen LogP contribution < -0.4 is 0 Å². The Hall–Kier alpha value is -1.68. The first-order valence-corrected chi connectivity index (χ1v) is 10.1. The summed E-state index contributed by atoms with van der Waals surface area (Å²) in [6.45, 7) is 4.54. The van der Waals surface area contributed by atoms with E-state index >= 15 is 0 Å². The van der Waals surface area contributed by atoms with E-state index in [0.29, 0.717) is 12.1 Å². The maximum atomic E-state index is 4.59. The van der Waals surface area contributed by atoms with Crippen LogP contribution in [-0.2, 0) is 6.54 Å². The smallest absolute Gasteiger partial charge is 0.117 e. The molecular weight excluding hydrogens is 308 g/mol. The van der Waals surface area contributed by atoms with Crippen molar-refractivity contribution in [2.75, 3.05) is 6.54 Å². The number of benzene rings is 1. The highest BCUT2D eigenvalue weighted by atomic mass is 15.5. The van der Waals surface area contributed by atoms with E-state index in [2.05, 4.69) is 57.1 Å². The lowest BCUT2D eigenvalue weighted by Crippen LogP contribution is -2.42. The summed E-state index contributed by atoms with van der Waals surface area (Å²) in [7, 11) is 0. The lowest BCUT2D eigenvalue weighted by molar-refractivity contribution is 0.115. The number of fused-ring (bicyclic) bond motifs is 2. The molecule has 3 heterocycles. The van der Waals surface area contributed by atoms with Crippen LogP contribution >= 0.6 is 0 Å². The topological polar surface area (TPSA) is 34.0 Å². The standard InChI is InChI=1S/C21H30N4/c1-2-3-4-5-9-14-19-21-20(17-11-7-6-8-12-17)22-23-25(21)16-18-13-10-15-24(18)19/h6-8,11-12,18-19H,2-5,9-10,13-16H2,1H3/t18-,19-/m0/s1. The van der Waals surface area contributed by atoms with Crippen molar-refractivity contribution in [2.45, 2.75) is 76.9 Å². The number of rotatable bonds is 7. The Morgan fingerprint density at radius 3 is 2.76 bits per heavy atom. The highest BCUT2D eigenvalue weighted by Gasteiger charge is 2.39. The zero-order chi connectivity index (χ0) is 17.1. The van der Waals surface area contributed by atoms with Gasteiger partial charge in [0.1, 0.15) is 5.69 Å². The summed E-state index contributed by atoms with van der Waals surface area (Å²) in [5, 5.41) is 9.13. The molecule has 0 unspecified atom stereocenters. The minimum absolute atomic E-state index is 0.494. The third-order valence-electron chi connectivity index (χ3n) is 5.92. The van der Waals surface area contributed by atoms with E-state index in [1.165, 1.54) is 69.2 Å². The second-order valence-corrected chi connectivity index (χ2v) is 7.62. The zero-order valence-corrected chi connectivity index (χ0v) is 15.4. The van der Waals surface area contributed by atoms with E-state index in [-0.39, 0.29) is 0 Å². The first-order chi connectivity index (χ1) is 12.4. The van der Waals surface area contributed by atoms with Crippen molar-refractivity contribution in [2.24, 2.45) is 0 Å². The Kier molecular flexibility index (Phi) is 5.16. The van der Waals surface area contributed by atoms with E-state index in [4.69, 9.17) is 0 Å². The number of unbranched alkanes of at least 4 members (excludes halogenated alkanes) is 4. The van der Waals surface area contributed by atoms with Gasteiger partial charge in [0.15, 0.2) is 0 Å². The normalized spacial score (nSPS) is 22.8. The molecule has 1 fully saturated rings. The zero-order valence-electron chi connectivity index (χ0n) is 15.4. The summed E-state index contributed by atoms with van der Waals surface area (Å²) in [4.78, 5) is 2.75. The Morgan fingerprint density at radius 2 is 1.92 bits per heavy atom. The lowest BCUT2D eigenvalue weighted by atomic mass is 9.96. The van der Waals surface area contributed by atoms with Crippen LogP contribution in [0.3, 0.4) is 0 Å². The molecule has 2 aromatic rings. The molecule has 134 valence electrons. The van der Waals surface area contributed by atoms with Crippen molar-refractivity contribution in [3.8, 4) is 11.3 Å². The van der Waals surface area contributed by atoms with Gasteiger partial charge in [-0.3, -0.25) is 4.90 Å². The van der Waals surface area contributed by atoms with Crippen molar-refractivity contribution < 1.29 is 0 Å². The monoisotopic (exact) mass is 338 g/mol. The maximum absolute atomic E-state index is 4.59. The Labute approximate surface area is 151 Å². The van der Waals surface area contributed by atoms with Crippen LogP contribution in [0.2, 0.25) is 0 Å². The van der Waals surface area contributed by atoms with E-state index in [0.717, 1.165) is 12.2 Å². The molecule has 1 aromatic heterocycles. The first-order valence-electron chi connectivity index (χ1n) is 10.1. The molecule has 4 nitrogen and oxygen atoms in total. The molecule has 2 atom stereocenters. The molecule has 0 radical (unpaired) electrons. The predicted octanol–water partition coefficient (Wildman–Crippen LogP) is 4.82. The van der Waals surface area contributed by atoms with E-state index < -0.39 is 0 Å². The Balaban J connectivity index is 1.59. The van der Waals surface area contributed by atoms with Crippen molar-refractivity contribution in [3.05, 3.63) is 36.0 Å². The highest BCUT2D eigenvalue weighted by Crippen LogP contribution is 2.41. The molecule has 0 bridgehead atoms. The summed E-state index contributed by atoms with van der Waals surface area (Å²) >= 11 is 0. The van der Waals surface area contributed by atoms with Crippen molar-refractivity contribution in [1.29, 1.82) is 0 Å². The molecule has 4 rings (SSSR count). The predicted molar refractivity (Wildman–Crippen MR) is 101 cm³/mol. The fourth-order valence-electron chi connectivity index (χ4n) is 4.65. The molecule has 0 N–H and O–H groups in total. The molecule has 2 aliphatic rings. The molecular formula is C21H30N4. The van der Waals surface area contributed by atoms with Crippen molar-refractivity contribution in [3.63, 3.8) is 0 Å². The highest BCUT2D eigenvalue weighted by molar-refractivity contribution is 5.62. The van der Waals surface area contributed by atoms with Crippen LogP contribution in [0.5, 0.6) is 0 Å². The molecule has 0 spiro atoms. The van der Waals surface area contributed by atoms with Crippen LogP contribution in [0, 0.1) is 0 Å². The molecule has 1 saturated heterocycles. The summed E-state index contributed by atoms with van der Waals surface area (Å²) in [6, 6.07) is 11.8. The van der Waals surface area contributed by atoms with Gasteiger partial charge >= 0.3 is 0 Å². The Bertz CT molecular complexity index is 678. The second kappa shape index (κ2) is 7.69. The second-order valence-electron chi connectivity index (χ2n) is 7.62. The van der Waals surface area contributed by atoms with Gasteiger partial charge in [0.05, 0.1) is 18.3 Å². The molecule has 0 aliphatic carbocycles. The van der Waals surface area contributed by atoms with Gasteiger partial charge in [-0.1, -0.05) is 74.6 Å². The van der Waals surface area contributed by atoms with Gasteiger partial charge in [0.25, 0.3) is 0 Å². The van der Waals surface area contributed by atoms with Gasteiger partial charge in [0.2, 0.25) is 0 Å². The summed E-state index contributed by atoms with van der Waals surface area (Å²) in [5.74, 6) is 0. The molecule has 25 heavy (non-hydrogen) atoms. The molecule has 1 aromatic carbocycles. The minimum atomic E-state index is 0.494.